The largest absolute Gasteiger partial charge is 0.288 e. The van der Waals surface area contributed by atoms with Gasteiger partial charge in [-0.2, -0.15) is 0 Å². The molecule has 124 valence electrons. The van der Waals surface area contributed by atoms with Crippen molar-refractivity contribution in [3.05, 3.63) is 62.9 Å². The number of pyridine rings is 1. The number of hydrogen-bond donors (Lipinski definition) is 0. The van der Waals surface area contributed by atoms with Gasteiger partial charge < -0.3 is 0 Å². The number of unbranched alkanes of at least 4 members (excludes halogenated alkanes) is 1. The lowest BCUT2D eigenvalue weighted by molar-refractivity contribution is 0.0974. The van der Waals surface area contributed by atoms with Gasteiger partial charge in [-0.3, -0.25) is 9.59 Å². The Labute approximate surface area is 147 Å². The number of benzene rings is 1. The van der Waals surface area contributed by atoms with Crippen molar-refractivity contribution in [1.82, 2.24) is 4.98 Å². The topological polar surface area (TPSA) is 47.0 Å². The lowest BCUT2D eigenvalue weighted by Crippen LogP contribution is -2.25. The number of nitrogens with zero attached hydrogens (tertiary/aromatic N) is 1. The summed E-state index contributed by atoms with van der Waals surface area (Å²) in [4.78, 5) is 30.4. The standard InChI is InChI=1S/C20H20ClNO2/c1-4-5-8-14-15-18(22-17(11(2)3)16(14)21)20(24)13-10-7-6-9-12(13)19(15)23/h6-7,9-11H,4-5,8H2,1-3H3. The summed E-state index contributed by atoms with van der Waals surface area (Å²) in [5, 5.41) is 0.540. The van der Waals surface area contributed by atoms with Crippen LogP contribution in [0.1, 0.15) is 82.8 Å². The third-order valence-corrected chi connectivity index (χ3v) is 4.87. The van der Waals surface area contributed by atoms with E-state index in [0.29, 0.717) is 33.8 Å². The Morgan fingerprint density at radius 2 is 1.71 bits per heavy atom. The number of rotatable bonds is 4. The monoisotopic (exact) mass is 341 g/mol. The van der Waals surface area contributed by atoms with Crippen molar-refractivity contribution < 1.29 is 9.59 Å². The van der Waals surface area contributed by atoms with Gasteiger partial charge in [-0.15, -0.1) is 0 Å². The van der Waals surface area contributed by atoms with E-state index in [9.17, 15) is 9.59 Å². The van der Waals surface area contributed by atoms with E-state index < -0.39 is 0 Å². The molecule has 3 nitrogen and oxygen atoms in total. The Kier molecular flexibility index (Phi) is 4.55. The van der Waals surface area contributed by atoms with Gasteiger partial charge in [0.15, 0.2) is 5.78 Å². The Morgan fingerprint density at radius 3 is 2.29 bits per heavy atom. The summed E-state index contributed by atoms with van der Waals surface area (Å²) in [6.07, 6.45) is 2.58. The first kappa shape index (κ1) is 16.8. The molecule has 3 rings (SSSR count). The van der Waals surface area contributed by atoms with Crippen LogP contribution in [0.4, 0.5) is 0 Å². The van der Waals surface area contributed by atoms with Crippen LogP contribution in [0, 0.1) is 0 Å². The van der Waals surface area contributed by atoms with Crippen LogP contribution in [-0.2, 0) is 6.42 Å². The van der Waals surface area contributed by atoms with E-state index >= 15 is 0 Å². The Hall–Kier alpha value is -2.00. The van der Waals surface area contributed by atoms with E-state index in [-0.39, 0.29) is 23.2 Å². The van der Waals surface area contributed by atoms with Gasteiger partial charge in [0.1, 0.15) is 5.69 Å². The average Bonchev–Trinajstić information content (AvgIpc) is 2.58. The third-order valence-electron chi connectivity index (χ3n) is 4.45. The quantitative estimate of drug-likeness (QED) is 0.672. The third kappa shape index (κ3) is 2.57. The molecule has 0 spiro atoms. The maximum Gasteiger partial charge on any atom is 0.212 e. The predicted octanol–water partition coefficient (Wildman–Crippen LogP) is 4.98. The first-order valence-corrected chi connectivity index (χ1v) is 8.75. The summed E-state index contributed by atoms with van der Waals surface area (Å²) in [7, 11) is 0. The molecule has 0 bridgehead atoms. The molecule has 1 aliphatic carbocycles. The Balaban J connectivity index is 2.30. The fourth-order valence-corrected chi connectivity index (χ4v) is 3.60. The molecule has 0 unspecified atom stereocenters. The minimum absolute atomic E-state index is 0.0863. The summed E-state index contributed by atoms with van der Waals surface area (Å²) >= 11 is 6.59. The molecular weight excluding hydrogens is 322 g/mol. The number of ketones is 2. The van der Waals surface area contributed by atoms with Crippen molar-refractivity contribution in [1.29, 1.82) is 0 Å². The van der Waals surface area contributed by atoms with Crippen molar-refractivity contribution in [2.75, 3.05) is 0 Å². The maximum absolute atomic E-state index is 13.0. The molecule has 0 atom stereocenters. The molecule has 4 heteroatoms. The van der Waals surface area contributed by atoms with Gasteiger partial charge in [0, 0.05) is 11.1 Å². The van der Waals surface area contributed by atoms with E-state index in [1.165, 1.54) is 0 Å². The molecule has 1 aromatic carbocycles. The van der Waals surface area contributed by atoms with Crippen molar-refractivity contribution in [3.63, 3.8) is 0 Å². The van der Waals surface area contributed by atoms with Crippen LogP contribution in [-0.4, -0.2) is 16.6 Å². The lowest BCUT2D eigenvalue weighted by atomic mass is 9.83. The number of carbonyl (C=O) groups excluding carboxylic acids is 2. The molecule has 2 aromatic rings. The highest BCUT2D eigenvalue weighted by Gasteiger charge is 2.35. The summed E-state index contributed by atoms with van der Waals surface area (Å²) in [6.45, 7) is 6.08. The predicted molar refractivity (Wildman–Crippen MR) is 95.3 cm³/mol. The maximum atomic E-state index is 13.0. The number of hydrogen-bond acceptors (Lipinski definition) is 3. The molecule has 0 amide bonds. The van der Waals surface area contributed by atoms with Gasteiger partial charge in [0.05, 0.1) is 16.3 Å². The van der Waals surface area contributed by atoms with E-state index in [1.54, 1.807) is 24.3 Å². The molecular formula is C20H20ClNO2. The Bertz CT molecular complexity index is 840. The van der Waals surface area contributed by atoms with Crippen molar-refractivity contribution in [3.8, 4) is 0 Å². The summed E-state index contributed by atoms with van der Waals surface area (Å²) in [5.41, 5.74) is 3.02. The van der Waals surface area contributed by atoms with Gasteiger partial charge in [0.25, 0.3) is 0 Å². The Morgan fingerprint density at radius 1 is 1.08 bits per heavy atom. The van der Waals surface area contributed by atoms with E-state index in [0.717, 1.165) is 18.4 Å². The molecule has 0 radical (unpaired) electrons. The van der Waals surface area contributed by atoms with Gasteiger partial charge in [-0.1, -0.05) is 63.1 Å². The number of carbonyl (C=O) groups is 2. The van der Waals surface area contributed by atoms with Crippen molar-refractivity contribution >= 4 is 23.2 Å². The highest BCUT2D eigenvalue weighted by atomic mass is 35.5. The number of aromatic nitrogens is 1. The second kappa shape index (κ2) is 6.48. The summed E-state index contributed by atoms with van der Waals surface area (Å²) in [6, 6.07) is 6.94. The highest BCUT2D eigenvalue weighted by molar-refractivity contribution is 6.34. The fraction of sp³-hybridized carbons (Fsp3) is 0.350. The van der Waals surface area contributed by atoms with Gasteiger partial charge in [-0.25, -0.2) is 4.98 Å². The van der Waals surface area contributed by atoms with E-state index in [4.69, 9.17) is 11.6 Å². The molecule has 0 N–H and O–H groups in total. The van der Waals surface area contributed by atoms with Crippen molar-refractivity contribution in [2.24, 2.45) is 0 Å². The lowest BCUT2D eigenvalue weighted by Gasteiger charge is -2.23. The van der Waals surface area contributed by atoms with Crippen LogP contribution in [0.25, 0.3) is 0 Å². The number of fused-ring (bicyclic) bond motifs is 2. The first-order valence-electron chi connectivity index (χ1n) is 8.38. The second-order valence-corrected chi connectivity index (χ2v) is 6.85. The molecule has 0 fully saturated rings. The normalized spacial score (nSPS) is 13.2. The van der Waals surface area contributed by atoms with Crippen LogP contribution in [0.2, 0.25) is 5.02 Å². The number of halogens is 1. The van der Waals surface area contributed by atoms with E-state index in [2.05, 4.69) is 11.9 Å². The van der Waals surface area contributed by atoms with Crippen LogP contribution >= 0.6 is 11.6 Å². The fourth-order valence-electron chi connectivity index (χ4n) is 3.15. The van der Waals surface area contributed by atoms with Gasteiger partial charge >= 0.3 is 0 Å². The zero-order valence-corrected chi connectivity index (χ0v) is 14.9. The van der Waals surface area contributed by atoms with Crippen LogP contribution in [0.3, 0.4) is 0 Å². The van der Waals surface area contributed by atoms with Crippen LogP contribution in [0.15, 0.2) is 24.3 Å². The van der Waals surface area contributed by atoms with Gasteiger partial charge in [0.2, 0.25) is 5.78 Å². The molecule has 0 saturated heterocycles. The summed E-state index contributed by atoms with van der Waals surface area (Å²) < 4.78 is 0. The van der Waals surface area contributed by atoms with Gasteiger partial charge in [-0.05, 0) is 24.3 Å². The second-order valence-electron chi connectivity index (χ2n) is 6.48. The van der Waals surface area contributed by atoms with E-state index in [1.807, 2.05) is 13.8 Å². The van der Waals surface area contributed by atoms with Crippen LogP contribution < -0.4 is 0 Å². The minimum Gasteiger partial charge on any atom is -0.288 e. The molecule has 1 heterocycles. The SMILES string of the molecule is CCCCc1c(Cl)c(C(C)C)nc2c1C(=O)c1ccccc1C2=O. The minimum atomic E-state index is -0.184. The smallest absolute Gasteiger partial charge is 0.212 e. The van der Waals surface area contributed by atoms with Crippen molar-refractivity contribution in [2.45, 2.75) is 46.0 Å². The molecule has 0 aliphatic heterocycles. The van der Waals surface area contributed by atoms with Crippen LogP contribution in [0.5, 0.6) is 0 Å². The molecule has 24 heavy (non-hydrogen) atoms. The highest BCUT2D eigenvalue weighted by Crippen LogP contribution is 2.36. The molecule has 0 saturated carbocycles. The average molecular weight is 342 g/mol. The summed E-state index contributed by atoms with van der Waals surface area (Å²) in [5.74, 6) is -0.240. The molecule has 1 aromatic heterocycles. The first-order chi connectivity index (χ1) is 11.5. The zero-order chi connectivity index (χ0) is 17.4. The molecule has 1 aliphatic rings. The zero-order valence-electron chi connectivity index (χ0n) is 14.1.